The third kappa shape index (κ3) is 2.37. The third-order valence-corrected chi connectivity index (χ3v) is 4.97. The molecule has 2 aromatic heterocycles. The Hall–Kier alpha value is -2.66. The second-order valence-corrected chi connectivity index (χ2v) is 6.55. The zero-order valence-corrected chi connectivity index (χ0v) is 14.6. The third-order valence-electron chi connectivity index (χ3n) is 4.17. The Morgan fingerprint density at radius 1 is 1.04 bits per heavy atom. The van der Waals surface area contributed by atoms with Crippen LogP contribution in [-0.2, 0) is 0 Å². The maximum atomic E-state index is 5.44. The molecule has 0 unspecified atom stereocenters. The van der Waals surface area contributed by atoms with Crippen LogP contribution in [0.2, 0.25) is 0 Å². The van der Waals surface area contributed by atoms with Crippen molar-refractivity contribution in [2.75, 3.05) is 19.1 Å². The number of hydrogen-bond acceptors (Lipinski definition) is 5. The molecule has 0 amide bonds. The van der Waals surface area contributed by atoms with Gasteiger partial charge in [-0.3, -0.25) is 0 Å². The minimum Gasteiger partial charge on any atom is -0.496 e. The van der Waals surface area contributed by atoms with Gasteiger partial charge in [-0.05, 0) is 48.0 Å². The van der Waals surface area contributed by atoms with Crippen molar-refractivity contribution in [2.24, 2.45) is 0 Å². The monoisotopic (exact) mass is 335 g/mol. The highest BCUT2D eigenvalue weighted by Crippen LogP contribution is 2.34. The van der Waals surface area contributed by atoms with Crippen molar-refractivity contribution >= 4 is 43.8 Å². The van der Waals surface area contributed by atoms with Crippen molar-refractivity contribution in [3.63, 3.8) is 0 Å². The van der Waals surface area contributed by atoms with E-state index in [2.05, 4.69) is 50.6 Å². The molecular weight excluding hydrogens is 318 g/mol. The van der Waals surface area contributed by atoms with Crippen LogP contribution in [0.1, 0.15) is 5.82 Å². The molecule has 0 radical (unpaired) electrons. The van der Waals surface area contributed by atoms with Crippen molar-refractivity contribution in [3.05, 3.63) is 53.7 Å². The summed E-state index contributed by atoms with van der Waals surface area (Å²) in [6.45, 7) is 1.93. The Kier molecular flexibility index (Phi) is 3.58. The van der Waals surface area contributed by atoms with Gasteiger partial charge in [0, 0.05) is 18.1 Å². The first-order valence-corrected chi connectivity index (χ1v) is 8.57. The van der Waals surface area contributed by atoms with Crippen LogP contribution in [0.3, 0.4) is 0 Å². The molecule has 0 bridgehead atoms. The van der Waals surface area contributed by atoms with Crippen LogP contribution in [0.4, 0.5) is 11.5 Å². The maximum Gasteiger partial charge on any atom is 0.145 e. The van der Waals surface area contributed by atoms with E-state index in [0.717, 1.165) is 44.1 Å². The number of fused-ring (bicyclic) bond motifs is 2. The second-order valence-electron chi connectivity index (χ2n) is 5.66. The molecule has 4 aromatic rings. The van der Waals surface area contributed by atoms with Crippen molar-refractivity contribution in [1.82, 2.24) is 9.97 Å². The van der Waals surface area contributed by atoms with Gasteiger partial charge in [0.1, 0.15) is 22.2 Å². The SMILES string of the molecule is COc1cccc2cc(N(C)c3nc(C)nc4sccc34)ccc12. The Morgan fingerprint density at radius 2 is 1.92 bits per heavy atom. The summed E-state index contributed by atoms with van der Waals surface area (Å²) >= 11 is 1.64. The van der Waals surface area contributed by atoms with E-state index in [0.29, 0.717) is 0 Å². The highest BCUT2D eigenvalue weighted by molar-refractivity contribution is 7.16. The number of methoxy groups -OCH3 is 1. The molecule has 0 fully saturated rings. The van der Waals surface area contributed by atoms with Gasteiger partial charge in [0.05, 0.1) is 12.5 Å². The average molecular weight is 335 g/mol. The van der Waals surface area contributed by atoms with E-state index in [-0.39, 0.29) is 0 Å². The van der Waals surface area contributed by atoms with E-state index >= 15 is 0 Å². The molecule has 0 saturated carbocycles. The Labute approximate surface area is 144 Å². The molecule has 0 spiro atoms. The van der Waals surface area contributed by atoms with Crippen LogP contribution in [0.5, 0.6) is 5.75 Å². The Morgan fingerprint density at radius 3 is 2.75 bits per heavy atom. The first-order valence-electron chi connectivity index (χ1n) is 7.70. The summed E-state index contributed by atoms with van der Waals surface area (Å²) in [6.07, 6.45) is 0. The van der Waals surface area contributed by atoms with Gasteiger partial charge in [0.2, 0.25) is 0 Å². The Bertz CT molecular complexity index is 1040. The van der Waals surface area contributed by atoms with Crippen LogP contribution >= 0.6 is 11.3 Å². The molecular formula is C19H17N3OS. The van der Waals surface area contributed by atoms with Gasteiger partial charge >= 0.3 is 0 Å². The number of rotatable bonds is 3. The van der Waals surface area contributed by atoms with E-state index in [1.54, 1.807) is 18.4 Å². The normalized spacial score (nSPS) is 11.1. The van der Waals surface area contributed by atoms with Crippen molar-refractivity contribution < 1.29 is 4.74 Å². The molecule has 0 atom stereocenters. The number of benzene rings is 2. The van der Waals surface area contributed by atoms with Crippen LogP contribution in [0, 0.1) is 6.92 Å². The zero-order valence-electron chi connectivity index (χ0n) is 13.8. The van der Waals surface area contributed by atoms with Crippen molar-refractivity contribution in [3.8, 4) is 5.75 Å². The van der Waals surface area contributed by atoms with Gasteiger partial charge in [-0.2, -0.15) is 0 Å². The fraction of sp³-hybridized carbons (Fsp3) is 0.158. The summed E-state index contributed by atoms with van der Waals surface area (Å²) in [4.78, 5) is 12.3. The van der Waals surface area contributed by atoms with Crippen LogP contribution < -0.4 is 9.64 Å². The lowest BCUT2D eigenvalue weighted by Gasteiger charge is -2.20. The molecule has 2 aromatic carbocycles. The summed E-state index contributed by atoms with van der Waals surface area (Å²) in [7, 11) is 3.74. The van der Waals surface area contributed by atoms with Gasteiger partial charge in [-0.15, -0.1) is 11.3 Å². The van der Waals surface area contributed by atoms with E-state index < -0.39 is 0 Å². The minimum absolute atomic E-state index is 0.786. The quantitative estimate of drug-likeness (QED) is 0.532. The van der Waals surface area contributed by atoms with Gasteiger partial charge < -0.3 is 9.64 Å². The highest BCUT2D eigenvalue weighted by atomic mass is 32.1. The maximum absolute atomic E-state index is 5.44. The van der Waals surface area contributed by atoms with Gasteiger partial charge in [0.15, 0.2) is 0 Å². The van der Waals surface area contributed by atoms with Crippen molar-refractivity contribution in [1.29, 1.82) is 0 Å². The number of nitrogens with zero attached hydrogens (tertiary/aromatic N) is 3. The van der Waals surface area contributed by atoms with Gasteiger partial charge in [-0.1, -0.05) is 12.1 Å². The van der Waals surface area contributed by atoms with E-state index in [9.17, 15) is 0 Å². The van der Waals surface area contributed by atoms with Gasteiger partial charge in [-0.25, -0.2) is 9.97 Å². The fourth-order valence-electron chi connectivity index (χ4n) is 2.95. The summed E-state index contributed by atoms with van der Waals surface area (Å²) < 4.78 is 5.44. The average Bonchev–Trinajstić information content (AvgIpc) is 3.07. The van der Waals surface area contributed by atoms with Crippen LogP contribution in [-0.4, -0.2) is 24.1 Å². The van der Waals surface area contributed by atoms with E-state index in [4.69, 9.17) is 4.74 Å². The van der Waals surface area contributed by atoms with Crippen LogP contribution in [0.15, 0.2) is 47.8 Å². The fourth-order valence-corrected chi connectivity index (χ4v) is 3.75. The number of aryl methyl sites for hydroxylation is 1. The zero-order chi connectivity index (χ0) is 16.7. The molecule has 5 heteroatoms. The number of ether oxygens (including phenoxy) is 1. The largest absolute Gasteiger partial charge is 0.496 e. The molecule has 120 valence electrons. The van der Waals surface area contributed by atoms with Crippen LogP contribution in [0.25, 0.3) is 21.0 Å². The number of anilines is 2. The topological polar surface area (TPSA) is 38.2 Å². The van der Waals surface area contributed by atoms with E-state index in [1.807, 2.05) is 26.1 Å². The predicted molar refractivity (Wildman–Crippen MR) is 101 cm³/mol. The predicted octanol–water partition coefficient (Wildman–Crippen LogP) is 4.93. The second kappa shape index (κ2) is 5.76. The number of hydrogen-bond donors (Lipinski definition) is 0. The summed E-state index contributed by atoms with van der Waals surface area (Å²) in [5, 5.41) is 5.39. The molecule has 2 heterocycles. The first kappa shape index (κ1) is 14.9. The smallest absolute Gasteiger partial charge is 0.145 e. The Balaban J connectivity index is 1.85. The summed E-state index contributed by atoms with van der Waals surface area (Å²) in [5.41, 5.74) is 1.08. The lowest BCUT2D eigenvalue weighted by atomic mass is 10.1. The lowest BCUT2D eigenvalue weighted by molar-refractivity contribution is 0.420. The number of aromatic nitrogens is 2. The standard InChI is InChI=1S/C19H17N3OS/c1-12-20-18(16-9-10-24-19(16)21-12)22(2)14-7-8-15-13(11-14)5-4-6-17(15)23-3/h4-11H,1-3H3. The molecule has 4 nitrogen and oxygen atoms in total. The molecule has 0 N–H and O–H groups in total. The highest BCUT2D eigenvalue weighted by Gasteiger charge is 2.13. The van der Waals surface area contributed by atoms with E-state index in [1.165, 1.54) is 0 Å². The molecule has 24 heavy (non-hydrogen) atoms. The molecule has 4 rings (SSSR count). The van der Waals surface area contributed by atoms with Crippen molar-refractivity contribution in [2.45, 2.75) is 6.92 Å². The molecule has 0 aliphatic heterocycles. The van der Waals surface area contributed by atoms with Gasteiger partial charge in [0.25, 0.3) is 0 Å². The minimum atomic E-state index is 0.786. The molecule has 0 saturated heterocycles. The molecule has 0 aliphatic carbocycles. The molecule has 0 aliphatic rings. The summed E-state index contributed by atoms with van der Waals surface area (Å²) in [5.74, 6) is 2.61. The lowest BCUT2D eigenvalue weighted by Crippen LogP contribution is -2.12. The number of thiophene rings is 1. The first-order chi connectivity index (χ1) is 11.7. The summed E-state index contributed by atoms with van der Waals surface area (Å²) in [6, 6.07) is 14.5.